The molecule has 1 aromatic carbocycles. The third kappa shape index (κ3) is 2.70. The number of benzene rings is 1. The Morgan fingerprint density at radius 3 is 2.61 bits per heavy atom. The molecule has 18 heavy (non-hydrogen) atoms. The lowest BCUT2D eigenvalue weighted by molar-refractivity contribution is 0.0699. The first-order chi connectivity index (χ1) is 8.92. The van der Waals surface area contributed by atoms with E-state index in [4.69, 9.17) is 14.2 Å². The minimum atomic E-state index is 0.635. The molecule has 2 aliphatic rings. The fourth-order valence-corrected chi connectivity index (χ4v) is 2.37. The topological polar surface area (TPSA) is 39.7 Å². The molecule has 0 unspecified atom stereocenters. The van der Waals surface area contributed by atoms with Gasteiger partial charge in [-0.1, -0.05) is 0 Å². The van der Waals surface area contributed by atoms with Gasteiger partial charge in [0, 0.05) is 31.5 Å². The molecule has 0 spiro atoms. The summed E-state index contributed by atoms with van der Waals surface area (Å²) in [5, 5.41) is 3.47. The summed E-state index contributed by atoms with van der Waals surface area (Å²) in [5.74, 6) is 2.41. The highest BCUT2D eigenvalue weighted by Crippen LogP contribution is 2.32. The summed E-state index contributed by atoms with van der Waals surface area (Å²) in [4.78, 5) is 0. The Morgan fingerprint density at radius 1 is 1.00 bits per heavy atom. The van der Waals surface area contributed by atoms with Crippen molar-refractivity contribution in [1.29, 1.82) is 0 Å². The standard InChI is InChI=1S/C14H19NO3/c1-2-13-14(18-8-7-17-13)9-12(1)15-10-11-3-5-16-6-4-11/h1-2,9,11,15H,3-8,10H2. The Hall–Kier alpha value is -1.42. The maximum Gasteiger partial charge on any atom is 0.163 e. The van der Waals surface area contributed by atoms with Gasteiger partial charge in [0.2, 0.25) is 0 Å². The molecule has 98 valence electrons. The van der Waals surface area contributed by atoms with Crippen LogP contribution in [0.5, 0.6) is 11.5 Å². The van der Waals surface area contributed by atoms with E-state index in [1.165, 1.54) is 0 Å². The van der Waals surface area contributed by atoms with Crippen LogP contribution in [-0.2, 0) is 4.74 Å². The number of fused-ring (bicyclic) bond motifs is 1. The first-order valence-electron chi connectivity index (χ1n) is 6.63. The summed E-state index contributed by atoms with van der Waals surface area (Å²) in [5.41, 5.74) is 1.10. The fraction of sp³-hybridized carbons (Fsp3) is 0.571. The maximum atomic E-state index is 5.57. The number of hydrogen-bond donors (Lipinski definition) is 1. The number of rotatable bonds is 3. The number of hydrogen-bond acceptors (Lipinski definition) is 4. The van der Waals surface area contributed by atoms with Crippen LogP contribution in [0.15, 0.2) is 18.2 Å². The van der Waals surface area contributed by atoms with Gasteiger partial charge in [0.25, 0.3) is 0 Å². The third-order valence-electron chi connectivity index (χ3n) is 3.48. The minimum absolute atomic E-state index is 0.635. The summed E-state index contributed by atoms with van der Waals surface area (Å²) < 4.78 is 16.4. The van der Waals surface area contributed by atoms with Gasteiger partial charge in [-0.25, -0.2) is 0 Å². The first-order valence-corrected chi connectivity index (χ1v) is 6.63. The van der Waals surface area contributed by atoms with Crippen LogP contribution in [-0.4, -0.2) is 33.0 Å². The second-order valence-corrected chi connectivity index (χ2v) is 4.80. The molecule has 0 saturated carbocycles. The van der Waals surface area contributed by atoms with Gasteiger partial charge < -0.3 is 19.5 Å². The monoisotopic (exact) mass is 249 g/mol. The molecule has 1 fully saturated rings. The predicted octanol–water partition coefficient (Wildman–Crippen LogP) is 2.30. The van der Waals surface area contributed by atoms with E-state index in [9.17, 15) is 0 Å². The Balaban J connectivity index is 1.58. The van der Waals surface area contributed by atoms with Gasteiger partial charge in [0.1, 0.15) is 13.2 Å². The molecule has 2 aliphatic heterocycles. The van der Waals surface area contributed by atoms with Crippen molar-refractivity contribution in [3.05, 3.63) is 18.2 Å². The van der Waals surface area contributed by atoms with Crippen molar-refractivity contribution in [2.45, 2.75) is 12.8 Å². The summed E-state index contributed by atoms with van der Waals surface area (Å²) in [6.45, 7) is 4.07. The summed E-state index contributed by atoms with van der Waals surface area (Å²) in [6, 6.07) is 6.04. The van der Waals surface area contributed by atoms with Crippen molar-refractivity contribution in [2.24, 2.45) is 5.92 Å². The lowest BCUT2D eigenvalue weighted by Gasteiger charge is -2.23. The normalized spacial score (nSPS) is 19.6. The lowest BCUT2D eigenvalue weighted by Crippen LogP contribution is -2.22. The van der Waals surface area contributed by atoms with Crippen LogP contribution in [0.1, 0.15) is 12.8 Å². The number of nitrogens with one attached hydrogen (secondary N) is 1. The van der Waals surface area contributed by atoms with Crippen molar-refractivity contribution < 1.29 is 14.2 Å². The molecule has 0 aromatic heterocycles. The Kier molecular flexibility index (Phi) is 3.55. The van der Waals surface area contributed by atoms with Gasteiger partial charge in [0.15, 0.2) is 11.5 Å². The van der Waals surface area contributed by atoms with E-state index in [1.54, 1.807) is 0 Å². The zero-order valence-electron chi connectivity index (χ0n) is 10.5. The van der Waals surface area contributed by atoms with Crippen molar-refractivity contribution in [1.82, 2.24) is 0 Å². The summed E-state index contributed by atoms with van der Waals surface area (Å²) in [6.07, 6.45) is 2.30. The van der Waals surface area contributed by atoms with Crippen LogP contribution < -0.4 is 14.8 Å². The highest BCUT2D eigenvalue weighted by atomic mass is 16.6. The van der Waals surface area contributed by atoms with Gasteiger partial charge in [-0.15, -0.1) is 0 Å². The average molecular weight is 249 g/mol. The van der Waals surface area contributed by atoms with E-state index in [-0.39, 0.29) is 0 Å². The molecule has 3 rings (SSSR count). The molecule has 2 heterocycles. The second-order valence-electron chi connectivity index (χ2n) is 4.80. The predicted molar refractivity (Wildman–Crippen MR) is 69.5 cm³/mol. The van der Waals surface area contributed by atoms with Crippen LogP contribution in [0, 0.1) is 5.92 Å². The van der Waals surface area contributed by atoms with Crippen molar-refractivity contribution in [3.63, 3.8) is 0 Å². The van der Waals surface area contributed by atoms with Crippen molar-refractivity contribution in [2.75, 3.05) is 38.3 Å². The van der Waals surface area contributed by atoms with E-state index in [0.717, 1.165) is 49.8 Å². The van der Waals surface area contributed by atoms with E-state index in [1.807, 2.05) is 18.2 Å². The van der Waals surface area contributed by atoms with Gasteiger partial charge in [0.05, 0.1) is 0 Å². The first kappa shape index (κ1) is 11.7. The highest BCUT2D eigenvalue weighted by Gasteiger charge is 2.15. The van der Waals surface area contributed by atoms with Gasteiger partial charge in [-0.05, 0) is 30.9 Å². The smallest absolute Gasteiger partial charge is 0.163 e. The second kappa shape index (κ2) is 5.48. The largest absolute Gasteiger partial charge is 0.486 e. The van der Waals surface area contributed by atoms with Crippen LogP contribution in [0.3, 0.4) is 0 Å². The molecule has 4 heteroatoms. The van der Waals surface area contributed by atoms with Crippen LogP contribution in [0.2, 0.25) is 0 Å². The molecule has 0 radical (unpaired) electrons. The maximum absolute atomic E-state index is 5.57. The van der Waals surface area contributed by atoms with E-state index >= 15 is 0 Å². The molecule has 1 aromatic rings. The fourth-order valence-electron chi connectivity index (χ4n) is 2.37. The van der Waals surface area contributed by atoms with Gasteiger partial charge >= 0.3 is 0 Å². The quantitative estimate of drug-likeness (QED) is 0.892. The number of ether oxygens (including phenoxy) is 3. The minimum Gasteiger partial charge on any atom is -0.486 e. The SMILES string of the molecule is c1cc2c(cc1NCC1CCOCC1)OCCO2. The molecule has 0 amide bonds. The van der Waals surface area contributed by atoms with Gasteiger partial charge in [-0.2, -0.15) is 0 Å². The Labute approximate surface area is 107 Å². The van der Waals surface area contributed by atoms with E-state index in [0.29, 0.717) is 19.1 Å². The third-order valence-corrected chi connectivity index (χ3v) is 3.48. The Bertz CT molecular complexity index is 402. The molecule has 4 nitrogen and oxygen atoms in total. The molecule has 0 atom stereocenters. The summed E-state index contributed by atoms with van der Waals surface area (Å²) in [7, 11) is 0. The van der Waals surface area contributed by atoms with E-state index < -0.39 is 0 Å². The molecule has 0 bridgehead atoms. The average Bonchev–Trinajstić information content (AvgIpc) is 2.46. The van der Waals surface area contributed by atoms with Crippen LogP contribution in [0.25, 0.3) is 0 Å². The lowest BCUT2D eigenvalue weighted by atomic mass is 10.0. The molecular formula is C14H19NO3. The van der Waals surface area contributed by atoms with Crippen LogP contribution >= 0.6 is 0 Å². The zero-order valence-corrected chi connectivity index (χ0v) is 10.5. The Morgan fingerprint density at radius 2 is 1.78 bits per heavy atom. The van der Waals surface area contributed by atoms with Crippen molar-refractivity contribution >= 4 is 5.69 Å². The van der Waals surface area contributed by atoms with E-state index in [2.05, 4.69) is 5.32 Å². The highest BCUT2D eigenvalue weighted by molar-refractivity contribution is 5.55. The summed E-state index contributed by atoms with van der Waals surface area (Å²) >= 11 is 0. The number of anilines is 1. The molecule has 1 saturated heterocycles. The van der Waals surface area contributed by atoms with Crippen molar-refractivity contribution in [3.8, 4) is 11.5 Å². The zero-order chi connectivity index (χ0) is 12.2. The van der Waals surface area contributed by atoms with Crippen LogP contribution in [0.4, 0.5) is 5.69 Å². The molecule has 1 N–H and O–H groups in total. The molecular weight excluding hydrogens is 230 g/mol. The van der Waals surface area contributed by atoms with Gasteiger partial charge in [-0.3, -0.25) is 0 Å². The molecule has 0 aliphatic carbocycles.